The molecule has 0 bridgehead atoms. The van der Waals surface area contributed by atoms with E-state index >= 15 is 0 Å². The third kappa shape index (κ3) is 3.65. The number of rotatable bonds is 4. The first-order valence-corrected chi connectivity index (χ1v) is 9.89. The lowest BCUT2D eigenvalue weighted by atomic mass is 10.0. The predicted octanol–water partition coefficient (Wildman–Crippen LogP) is 4.30. The van der Waals surface area contributed by atoms with Gasteiger partial charge in [-0.3, -0.25) is 4.79 Å². The van der Waals surface area contributed by atoms with Crippen molar-refractivity contribution in [3.05, 3.63) is 88.1 Å². The van der Waals surface area contributed by atoms with Crippen LogP contribution in [0.15, 0.2) is 72.1 Å². The molecule has 1 amide bonds. The number of anilines is 1. The average molecular weight is 362 g/mol. The number of piperazine rings is 1. The van der Waals surface area contributed by atoms with E-state index in [0.29, 0.717) is 0 Å². The number of carbonyl (C=O) groups excluding carboxylic acids is 1. The van der Waals surface area contributed by atoms with E-state index < -0.39 is 0 Å². The van der Waals surface area contributed by atoms with E-state index in [-0.39, 0.29) is 5.91 Å². The highest BCUT2D eigenvalue weighted by molar-refractivity contribution is 7.09. The van der Waals surface area contributed by atoms with Gasteiger partial charge in [-0.05, 0) is 35.2 Å². The standard InChI is InChI=1S/C22H22N2OS/c25-22(21-11-5-4-7-18(21)17-20-10-6-16-26-20)24-14-12-23(13-15-24)19-8-2-1-3-9-19/h1-11,16H,12-15,17H2. The highest BCUT2D eigenvalue weighted by atomic mass is 32.1. The highest BCUT2D eigenvalue weighted by Gasteiger charge is 2.23. The second-order valence-corrected chi connectivity index (χ2v) is 7.56. The first-order valence-electron chi connectivity index (χ1n) is 9.01. The van der Waals surface area contributed by atoms with Crippen molar-refractivity contribution >= 4 is 22.9 Å². The predicted molar refractivity (Wildman–Crippen MR) is 108 cm³/mol. The maximum Gasteiger partial charge on any atom is 0.254 e. The summed E-state index contributed by atoms with van der Waals surface area (Å²) in [5, 5.41) is 2.09. The molecule has 1 aromatic heterocycles. The molecule has 0 saturated carbocycles. The number of thiophene rings is 1. The van der Waals surface area contributed by atoms with Crippen LogP contribution in [0.1, 0.15) is 20.8 Å². The van der Waals surface area contributed by atoms with Gasteiger partial charge in [-0.25, -0.2) is 0 Å². The van der Waals surface area contributed by atoms with Gasteiger partial charge >= 0.3 is 0 Å². The van der Waals surface area contributed by atoms with E-state index in [1.54, 1.807) is 11.3 Å². The van der Waals surface area contributed by atoms with Crippen molar-refractivity contribution < 1.29 is 4.79 Å². The molecule has 0 unspecified atom stereocenters. The van der Waals surface area contributed by atoms with Crippen molar-refractivity contribution in [3.8, 4) is 0 Å². The molecule has 0 radical (unpaired) electrons. The van der Waals surface area contributed by atoms with Crippen LogP contribution in [0.5, 0.6) is 0 Å². The van der Waals surface area contributed by atoms with Crippen LogP contribution >= 0.6 is 11.3 Å². The molecule has 2 aromatic carbocycles. The van der Waals surface area contributed by atoms with Crippen molar-refractivity contribution in [1.29, 1.82) is 0 Å². The van der Waals surface area contributed by atoms with Gasteiger partial charge in [0, 0.05) is 48.7 Å². The maximum absolute atomic E-state index is 13.1. The smallest absolute Gasteiger partial charge is 0.254 e. The fourth-order valence-electron chi connectivity index (χ4n) is 3.46. The Bertz CT molecular complexity index is 853. The monoisotopic (exact) mass is 362 g/mol. The Morgan fingerprint density at radius 3 is 2.31 bits per heavy atom. The molecular weight excluding hydrogens is 340 g/mol. The minimum Gasteiger partial charge on any atom is -0.368 e. The van der Waals surface area contributed by atoms with Gasteiger partial charge in [0.2, 0.25) is 0 Å². The zero-order valence-electron chi connectivity index (χ0n) is 14.7. The second kappa shape index (κ2) is 7.75. The van der Waals surface area contributed by atoms with Gasteiger partial charge in [0.15, 0.2) is 0 Å². The quantitative estimate of drug-likeness (QED) is 0.691. The van der Waals surface area contributed by atoms with E-state index in [4.69, 9.17) is 0 Å². The molecule has 0 spiro atoms. The Kier molecular flexibility index (Phi) is 5.02. The van der Waals surface area contributed by atoms with Gasteiger partial charge in [0.1, 0.15) is 0 Å². The lowest BCUT2D eigenvalue weighted by Crippen LogP contribution is -2.49. The summed E-state index contributed by atoms with van der Waals surface area (Å²) in [7, 11) is 0. The number of hydrogen-bond donors (Lipinski definition) is 0. The molecule has 2 heterocycles. The normalized spacial score (nSPS) is 14.5. The Labute approximate surface area is 158 Å². The molecule has 4 rings (SSSR count). The zero-order chi connectivity index (χ0) is 17.8. The minimum absolute atomic E-state index is 0.157. The fourth-order valence-corrected chi connectivity index (χ4v) is 4.19. The van der Waals surface area contributed by atoms with Crippen LogP contribution in [-0.4, -0.2) is 37.0 Å². The van der Waals surface area contributed by atoms with Crippen LogP contribution < -0.4 is 4.90 Å². The number of carbonyl (C=O) groups is 1. The van der Waals surface area contributed by atoms with Gasteiger partial charge in [-0.15, -0.1) is 11.3 Å². The van der Waals surface area contributed by atoms with Crippen LogP contribution in [-0.2, 0) is 6.42 Å². The van der Waals surface area contributed by atoms with Crippen LogP contribution in [0.3, 0.4) is 0 Å². The number of hydrogen-bond acceptors (Lipinski definition) is 3. The lowest BCUT2D eigenvalue weighted by Gasteiger charge is -2.36. The van der Waals surface area contributed by atoms with E-state index in [2.05, 4.69) is 52.7 Å². The Morgan fingerprint density at radius 1 is 0.846 bits per heavy atom. The van der Waals surface area contributed by atoms with Crippen LogP contribution in [0, 0.1) is 0 Å². The Balaban J connectivity index is 1.46. The van der Waals surface area contributed by atoms with Gasteiger partial charge in [0.25, 0.3) is 5.91 Å². The van der Waals surface area contributed by atoms with Crippen molar-refractivity contribution in [1.82, 2.24) is 4.90 Å². The summed E-state index contributed by atoms with van der Waals surface area (Å²) in [5.41, 5.74) is 3.19. The van der Waals surface area contributed by atoms with E-state index in [1.165, 1.54) is 10.6 Å². The minimum atomic E-state index is 0.157. The first kappa shape index (κ1) is 16.9. The largest absolute Gasteiger partial charge is 0.368 e. The molecule has 0 N–H and O–H groups in total. The van der Waals surface area contributed by atoms with E-state index in [1.807, 2.05) is 29.2 Å². The molecule has 26 heavy (non-hydrogen) atoms. The molecule has 3 nitrogen and oxygen atoms in total. The number of para-hydroxylation sites is 1. The first-order chi connectivity index (χ1) is 12.8. The number of nitrogens with zero attached hydrogens (tertiary/aromatic N) is 2. The van der Waals surface area contributed by atoms with Crippen molar-refractivity contribution in [2.45, 2.75) is 6.42 Å². The SMILES string of the molecule is O=C(c1ccccc1Cc1cccs1)N1CCN(c2ccccc2)CC1. The molecule has 1 saturated heterocycles. The summed E-state index contributed by atoms with van der Waals surface area (Å²) in [4.78, 5) is 18.7. The third-order valence-corrected chi connectivity index (χ3v) is 5.76. The molecule has 0 aliphatic carbocycles. The Hall–Kier alpha value is -2.59. The highest BCUT2D eigenvalue weighted by Crippen LogP contribution is 2.21. The molecule has 1 aliphatic rings. The van der Waals surface area contributed by atoms with Crippen molar-refractivity contribution in [2.75, 3.05) is 31.1 Å². The summed E-state index contributed by atoms with van der Waals surface area (Å²) in [5.74, 6) is 0.157. The summed E-state index contributed by atoms with van der Waals surface area (Å²) in [6, 6.07) is 22.6. The molecule has 132 valence electrons. The molecule has 4 heteroatoms. The van der Waals surface area contributed by atoms with Gasteiger partial charge < -0.3 is 9.80 Å². The molecular formula is C22H22N2OS. The molecule has 0 atom stereocenters. The Morgan fingerprint density at radius 2 is 1.58 bits per heavy atom. The fraction of sp³-hybridized carbons (Fsp3) is 0.227. The van der Waals surface area contributed by atoms with Crippen molar-refractivity contribution in [3.63, 3.8) is 0 Å². The third-order valence-electron chi connectivity index (χ3n) is 4.88. The van der Waals surface area contributed by atoms with Gasteiger partial charge in [-0.2, -0.15) is 0 Å². The average Bonchev–Trinajstić information content (AvgIpc) is 3.22. The molecule has 1 aliphatic heterocycles. The van der Waals surface area contributed by atoms with E-state index in [0.717, 1.165) is 43.7 Å². The summed E-state index contributed by atoms with van der Waals surface area (Å²) in [6.07, 6.45) is 0.823. The number of amides is 1. The zero-order valence-corrected chi connectivity index (χ0v) is 15.5. The van der Waals surface area contributed by atoms with E-state index in [9.17, 15) is 4.79 Å². The summed E-state index contributed by atoms with van der Waals surface area (Å²) >= 11 is 1.74. The topological polar surface area (TPSA) is 23.6 Å². The maximum atomic E-state index is 13.1. The summed E-state index contributed by atoms with van der Waals surface area (Å²) in [6.45, 7) is 3.29. The lowest BCUT2D eigenvalue weighted by molar-refractivity contribution is 0.0746. The number of benzene rings is 2. The van der Waals surface area contributed by atoms with Gasteiger partial charge in [0.05, 0.1) is 0 Å². The molecule has 1 fully saturated rings. The second-order valence-electron chi connectivity index (χ2n) is 6.53. The van der Waals surface area contributed by atoms with Crippen LogP contribution in [0.2, 0.25) is 0 Å². The van der Waals surface area contributed by atoms with Crippen LogP contribution in [0.4, 0.5) is 5.69 Å². The molecule has 3 aromatic rings. The van der Waals surface area contributed by atoms with Gasteiger partial charge in [-0.1, -0.05) is 42.5 Å². The van der Waals surface area contributed by atoms with Crippen LogP contribution in [0.25, 0.3) is 0 Å². The summed E-state index contributed by atoms with van der Waals surface area (Å²) < 4.78 is 0. The van der Waals surface area contributed by atoms with Crippen molar-refractivity contribution in [2.24, 2.45) is 0 Å².